The molecule has 1 aliphatic rings. The number of nitriles is 2. The van der Waals surface area contributed by atoms with Gasteiger partial charge < -0.3 is 18.9 Å². The van der Waals surface area contributed by atoms with E-state index in [0.717, 1.165) is 33.4 Å². The summed E-state index contributed by atoms with van der Waals surface area (Å²) in [7, 11) is 0. The lowest BCUT2D eigenvalue weighted by Gasteiger charge is -2.34. The second kappa shape index (κ2) is 14.0. The van der Waals surface area contributed by atoms with Gasteiger partial charge in [0.1, 0.15) is 59.8 Å². The molecule has 0 spiro atoms. The zero-order valence-corrected chi connectivity index (χ0v) is 27.3. The molecule has 1 aliphatic carbocycles. The highest BCUT2D eigenvalue weighted by atomic mass is 16.5. The maximum Gasteiger partial charge on any atom is 0.148 e. The van der Waals surface area contributed by atoms with Crippen LogP contribution in [0.5, 0.6) is 34.5 Å². The van der Waals surface area contributed by atoms with Gasteiger partial charge in [-0.2, -0.15) is 10.5 Å². The molecule has 6 nitrogen and oxygen atoms in total. The molecule has 0 fully saturated rings. The Morgan fingerprint density at radius 1 is 0.490 bits per heavy atom. The van der Waals surface area contributed by atoms with Crippen molar-refractivity contribution in [1.82, 2.24) is 0 Å². The first kappa shape index (κ1) is 32.2. The molecule has 51 heavy (non-hydrogen) atoms. The van der Waals surface area contributed by atoms with E-state index in [0.29, 0.717) is 45.6 Å². The molecule has 6 heteroatoms. The van der Waals surface area contributed by atoms with Crippen LogP contribution >= 0.6 is 0 Å². The van der Waals surface area contributed by atoms with Crippen LogP contribution in [0.3, 0.4) is 0 Å². The van der Waals surface area contributed by atoms with Crippen LogP contribution < -0.4 is 18.9 Å². The summed E-state index contributed by atoms with van der Waals surface area (Å²) in [6, 6.07) is 47.1. The van der Waals surface area contributed by atoms with E-state index >= 15 is 0 Å². The topological polar surface area (TPSA) is 84.5 Å². The van der Waals surface area contributed by atoms with E-state index in [1.54, 1.807) is 36.4 Å². The minimum Gasteiger partial charge on any atom is -0.481 e. The highest BCUT2D eigenvalue weighted by Gasteiger charge is 2.45. The van der Waals surface area contributed by atoms with Crippen molar-refractivity contribution in [3.63, 3.8) is 0 Å². The van der Waals surface area contributed by atoms with Gasteiger partial charge in [-0.15, -0.1) is 12.8 Å². The minimum absolute atomic E-state index is 0.106. The Hall–Kier alpha value is -7.38. The number of benzene rings is 6. The molecule has 0 saturated heterocycles. The van der Waals surface area contributed by atoms with Crippen molar-refractivity contribution in [2.45, 2.75) is 5.41 Å². The average molecular weight is 661 g/mol. The lowest BCUT2D eigenvalue weighted by molar-refractivity contribution is 0.367. The van der Waals surface area contributed by atoms with E-state index < -0.39 is 5.41 Å². The fraction of sp³-hybridized carbons (Fsp3) is 0.0667. The molecule has 0 radical (unpaired) electrons. The van der Waals surface area contributed by atoms with Crippen LogP contribution in [0.4, 0.5) is 0 Å². The number of ether oxygens (including phenoxy) is 4. The Balaban J connectivity index is 1.29. The van der Waals surface area contributed by atoms with Crippen LogP contribution in [0.15, 0.2) is 133 Å². The van der Waals surface area contributed by atoms with Crippen molar-refractivity contribution < 1.29 is 18.9 Å². The Morgan fingerprint density at radius 3 is 1.27 bits per heavy atom. The fourth-order valence-corrected chi connectivity index (χ4v) is 6.61. The van der Waals surface area contributed by atoms with E-state index in [9.17, 15) is 10.5 Å². The Kier molecular flexibility index (Phi) is 8.83. The molecule has 0 aromatic heterocycles. The van der Waals surface area contributed by atoms with Gasteiger partial charge in [0.2, 0.25) is 0 Å². The molecule has 242 valence electrons. The van der Waals surface area contributed by atoms with E-state index in [2.05, 4.69) is 96.8 Å². The van der Waals surface area contributed by atoms with Gasteiger partial charge in [-0.1, -0.05) is 84.6 Å². The molecular weight excluding hydrogens is 633 g/mol. The zero-order valence-electron chi connectivity index (χ0n) is 27.3. The van der Waals surface area contributed by atoms with Gasteiger partial charge in [0.15, 0.2) is 0 Å². The number of terminal acetylenes is 2. The smallest absolute Gasteiger partial charge is 0.148 e. The highest BCUT2D eigenvalue weighted by Crippen LogP contribution is 2.56. The second-order valence-electron chi connectivity index (χ2n) is 11.6. The third kappa shape index (κ3) is 5.96. The number of hydrogen-bond acceptors (Lipinski definition) is 6. The molecule has 6 aromatic carbocycles. The molecule has 0 saturated carbocycles. The second-order valence-corrected chi connectivity index (χ2v) is 11.6. The van der Waals surface area contributed by atoms with Crippen molar-refractivity contribution in [1.29, 1.82) is 10.5 Å². The maximum atomic E-state index is 9.73. The predicted molar refractivity (Wildman–Crippen MR) is 195 cm³/mol. The van der Waals surface area contributed by atoms with Crippen LogP contribution in [0.25, 0.3) is 11.1 Å². The standard InChI is InChI=1S/C45H28N2O4/c1-3-25-48-37-19-13-31(29-46)43(27-37)50-35-21-15-33(16-22-35)45(41-11-7-5-9-39(41)40-10-6-8-12-42(40)45)34-17-23-36(24-18-34)51-44-28-38(49-26-4-2)20-14-32(44)30-47/h1-2,5-24,27-28H,25-26H2. The monoisotopic (exact) mass is 660 g/mol. The summed E-state index contributed by atoms with van der Waals surface area (Å²) in [5.41, 5.74) is 6.71. The molecular formula is C45H28N2O4. The third-order valence-corrected chi connectivity index (χ3v) is 8.77. The average Bonchev–Trinajstić information content (AvgIpc) is 3.48. The number of fused-ring (bicyclic) bond motifs is 3. The van der Waals surface area contributed by atoms with Crippen LogP contribution in [-0.4, -0.2) is 13.2 Å². The molecule has 0 aliphatic heterocycles. The molecule has 0 N–H and O–H groups in total. The summed E-state index contributed by atoms with van der Waals surface area (Å²) in [5, 5.41) is 19.5. The lowest BCUT2D eigenvalue weighted by Crippen LogP contribution is -2.28. The predicted octanol–water partition coefficient (Wildman–Crippen LogP) is 9.40. The van der Waals surface area contributed by atoms with Crippen molar-refractivity contribution >= 4 is 0 Å². The summed E-state index contributed by atoms with van der Waals surface area (Å²) in [4.78, 5) is 0. The van der Waals surface area contributed by atoms with Gasteiger partial charge in [0.25, 0.3) is 0 Å². The van der Waals surface area contributed by atoms with Crippen LogP contribution in [0.2, 0.25) is 0 Å². The molecule has 0 heterocycles. The molecule has 0 bridgehead atoms. The zero-order chi connectivity index (χ0) is 35.2. The van der Waals surface area contributed by atoms with Crippen molar-refractivity contribution in [2.75, 3.05) is 13.2 Å². The van der Waals surface area contributed by atoms with Crippen molar-refractivity contribution in [3.8, 4) is 82.4 Å². The highest BCUT2D eigenvalue weighted by molar-refractivity contribution is 5.86. The van der Waals surface area contributed by atoms with E-state index in [4.69, 9.17) is 31.8 Å². The number of rotatable bonds is 10. The van der Waals surface area contributed by atoms with Gasteiger partial charge in [-0.3, -0.25) is 0 Å². The molecule has 6 aromatic rings. The number of hydrogen-bond donors (Lipinski definition) is 0. The third-order valence-electron chi connectivity index (χ3n) is 8.77. The molecule has 7 rings (SSSR count). The Bertz CT molecular complexity index is 2250. The fourth-order valence-electron chi connectivity index (χ4n) is 6.61. The summed E-state index contributed by atoms with van der Waals surface area (Å²) in [6.45, 7) is 0.211. The summed E-state index contributed by atoms with van der Waals surface area (Å²) in [6.07, 6.45) is 10.7. The maximum absolute atomic E-state index is 9.73. The summed E-state index contributed by atoms with van der Waals surface area (Å²) < 4.78 is 23.6. The van der Waals surface area contributed by atoms with E-state index in [1.807, 2.05) is 24.3 Å². The lowest BCUT2D eigenvalue weighted by atomic mass is 9.68. The first-order chi connectivity index (χ1) is 25.1. The number of nitrogens with zero attached hydrogens (tertiary/aromatic N) is 2. The van der Waals surface area contributed by atoms with E-state index in [1.165, 1.54) is 0 Å². The van der Waals surface area contributed by atoms with Crippen molar-refractivity contribution in [3.05, 3.63) is 167 Å². The summed E-state index contributed by atoms with van der Waals surface area (Å²) >= 11 is 0. The Morgan fingerprint density at radius 2 is 0.882 bits per heavy atom. The van der Waals surface area contributed by atoms with Gasteiger partial charge in [-0.05, 0) is 81.9 Å². The van der Waals surface area contributed by atoms with Gasteiger partial charge in [0.05, 0.1) is 16.5 Å². The molecule has 0 unspecified atom stereocenters. The molecule has 0 amide bonds. The van der Waals surface area contributed by atoms with Crippen LogP contribution in [0, 0.1) is 47.3 Å². The van der Waals surface area contributed by atoms with Gasteiger partial charge >= 0.3 is 0 Å². The van der Waals surface area contributed by atoms with Gasteiger partial charge in [-0.25, -0.2) is 0 Å². The first-order valence-corrected chi connectivity index (χ1v) is 16.1. The molecule has 0 atom stereocenters. The Labute approximate surface area is 296 Å². The largest absolute Gasteiger partial charge is 0.481 e. The normalized spacial score (nSPS) is 11.8. The SMILES string of the molecule is C#CCOc1ccc(C#N)c(Oc2ccc(C3(c4ccc(Oc5cc(OCC#C)ccc5C#N)cc4)c4ccccc4-c4ccccc43)cc2)c1. The quantitative estimate of drug-likeness (QED) is 0.136. The van der Waals surface area contributed by atoms with Crippen LogP contribution in [-0.2, 0) is 5.41 Å². The van der Waals surface area contributed by atoms with Crippen molar-refractivity contribution in [2.24, 2.45) is 0 Å². The van der Waals surface area contributed by atoms with Crippen LogP contribution in [0.1, 0.15) is 33.4 Å². The minimum atomic E-state index is -0.675. The first-order valence-electron chi connectivity index (χ1n) is 16.1. The van der Waals surface area contributed by atoms with E-state index in [-0.39, 0.29) is 13.2 Å². The summed E-state index contributed by atoms with van der Waals surface area (Å²) in [5.74, 6) is 7.78. The van der Waals surface area contributed by atoms with Gasteiger partial charge in [0, 0.05) is 12.1 Å².